The molecule has 0 aliphatic heterocycles. The Morgan fingerprint density at radius 1 is 0.294 bits per heavy atom. The van der Waals surface area contributed by atoms with Crippen LogP contribution in [0.5, 0.6) is 0 Å². The molecule has 0 bridgehead atoms. The molecule has 1 aliphatic carbocycles. The average molecular weight is 868 g/mol. The Bertz CT molecular complexity index is 3690. The van der Waals surface area contributed by atoms with Gasteiger partial charge in [-0.05, 0) is 136 Å². The second-order valence-electron chi connectivity index (χ2n) is 17.7. The van der Waals surface area contributed by atoms with E-state index in [0.29, 0.717) is 0 Å². The molecule has 0 fully saturated rings. The van der Waals surface area contributed by atoms with Crippen LogP contribution in [0.1, 0.15) is 22.3 Å². The molecule has 0 radical (unpaired) electrons. The SMILES string of the molecule is c1ccc(N(c2ccccc2)c2ccc3c(c2)c2cc(C4(c5ccccc5)c5ccccc5-c5ccccc54)ccc2n3-c2ccc(N(c3ccccc3)c3cccc4ccccc34)cc2)cc1. The molecule has 0 saturated carbocycles. The monoisotopic (exact) mass is 867 g/mol. The topological polar surface area (TPSA) is 11.4 Å². The van der Waals surface area contributed by atoms with Gasteiger partial charge in [0.2, 0.25) is 0 Å². The maximum Gasteiger partial charge on any atom is 0.0713 e. The molecule has 0 N–H and O–H groups in total. The van der Waals surface area contributed by atoms with E-state index in [1.165, 1.54) is 54.9 Å². The zero-order chi connectivity index (χ0) is 45.0. The molecule has 13 rings (SSSR count). The molecule has 3 heteroatoms. The number of hydrogen-bond acceptors (Lipinski definition) is 2. The largest absolute Gasteiger partial charge is 0.310 e. The minimum Gasteiger partial charge on any atom is -0.310 e. The highest BCUT2D eigenvalue weighted by Crippen LogP contribution is 2.56. The lowest BCUT2D eigenvalue weighted by Crippen LogP contribution is -2.28. The number of benzene rings is 11. The number of nitrogens with zero attached hydrogens (tertiary/aromatic N) is 3. The maximum absolute atomic E-state index is 2.49. The Kier molecular flexibility index (Phi) is 9.40. The smallest absolute Gasteiger partial charge is 0.0713 e. The van der Waals surface area contributed by atoms with Crippen LogP contribution in [-0.2, 0) is 5.41 Å². The van der Waals surface area contributed by atoms with Gasteiger partial charge in [0.25, 0.3) is 0 Å². The molecule has 320 valence electrons. The van der Waals surface area contributed by atoms with Crippen molar-refractivity contribution in [1.29, 1.82) is 0 Å². The standard InChI is InChI=1S/C65H45N3/c1-5-22-47(23-6-1)65(60-33-17-15-31-56(60)57-32-16-18-34-61(57)65)48-36-42-63-58(44-48)59-45-54(66(49-24-7-2-8-25-49)50-26-9-3-10-27-50)41-43-64(59)68(63)53-39-37-52(38-40-53)67(51-28-11-4-12-29-51)62-35-19-21-46-20-13-14-30-55(46)62/h1-45H. The molecule has 1 aliphatic rings. The van der Waals surface area contributed by atoms with Crippen LogP contribution >= 0.6 is 0 Å². The third kappa shape index (κ3) is 6.21. The number of anilines is 6. The quantitative estimate of drug-likeness (QED) is 0.143. The van der Waals surface area contributed by atoms with E-state index in [1.807, 2.05) is 0 Å². The summed E-state index contributed by atoms with van der Waals surface area (Å²) in [7, 11) is 0. The first-order valence-electron chi connectivity index (χ1n) is 23.4. The summed E-state index contributed by atoms with van der Waals surface area (Å²) in [6, 6.07) is 99.7. The number of para-hydroxylation sites is 3. The number of hydrogen-bond donors (Lipinski definition) is 0. The van der Waals surface area contributed by atoms with Crippen LogP contribution in [-0.4, -0.2) is 4.57 Å². The van der Waals surface area contributed by atoms with Crippen LogP contribution < -0.4 is 9.80 Å². The Hall–Kier alpha value is -8.92. The fourth-order valence-electron chi connectivity index (χ4n) is 11.1. The van der Waals surface area contributed by atoms with Gasteiger partial charge in [0.1, 0.15) is 0 Å². The van der Waals surface area contributed by atoms with E-state index >= 15 is 0 Å². The van der Waals surface area contributed by atoms with Gasteiger partial charge in [-0.25, -0.2) is 0 Å². The zero-order valence-corrected chi connectivity index (χ0v) is 37.3. The van der Waals surface area contributed by atoms with Crippen molar-refractivity contribution in [2.24, 2.45) is 0 Å². The summed E-state index contributed by atoms with van der Waals surface area (Å²) >= 11 is 0. The van der Waals surface area contributed by atoms with Crippen molar-refractivity contribution in [2.75, 3.05) is 9.80 Å². The summed E-state index contributed by atoms with van der Waals surface area (Å²) in [6.45, 7) is 0. The molecule has 0 unspecified atom stereocenters. The van der Waals surface area contributed by atoms with Gasteiger partial charge < -0.3 is 14.4 Å². The van der Waals surface area contributed by atoms with Crippen molar-refractivity contribution in [3.8, 4) is 16.8 Å². The van der Waals surface area contributed by atoms with Crippen LogP contribution in [0.15, 0.2) is 273 Å². The van der Waals surface area contributed by atoms with Crippen LogP contribution in [0.4, 0.5) is 34.1 Å². The first-order valence-corrected chi connectivity index (χ1v) is 23.4. The van der Waals surface area contributed by atoms with E-state index in [0.717, 1.165) is 50.8 Å². The number of fused-ring (bicyclic) bond motifs is 7. The zero-order valence-electron chi connectivity index (χ0n) is 37.3. The van der Waals surface area contributed by atoms with E-state index in [2.05, 4.69) is 287 Å². The third-order valence-corrected chi connectivity index (χ3v) is 14.0. The lowest BCUT2D eigenvalue weighted by Gasteiger charge is -2.34. The summed E-state index contributed by atoms with van der Waals surface area (Å²) in [5.74, 6) is 0. The van der Waals surface area contributed by atoms with Gasteiger partial charge >= 0.3 is 0 Å². The van der Waals surface area contributed by atoms with E-state index in [4.69, 9.17) is 0 Å². The molecular weight excluding hydrogens is 823 g/mol. The van der Waals surface area contributed by atoms with Crippen LogP contribution in [0.2, 0.25) is 0 Å². The summed E-state index contributed by atoms with van der Waals surface area (Å²) in [6.07, 6.45) is 0. The van der Waals surface area contributed by atoms with Crippen molar-refractivity contribution < 1.29 is 0 Å². The highest BCUT2D eigenvalue weighted by atomic mass is 15.1. The second kappa shape index (κ2) is 16.2. The molecule has 0 saturated heterocycles. The van der Waals surface area contributed by atoms with Gasteiger partial charge in [-0.3, -0.25) is 0 Å². The lowest BCUT2D eigenvalue weighted by molar-refractivity contribution is 0.770. The van der Waals surface area contributed by atoms with Crippen molar-refractivity contribution in [3.63, 3.8) is 0 Å². The third-order valence-electron chi connectivity index (χ3n) is 14.0. The number of rotatable bonds is 9. The Balaban J connectivity index is 1.05. The first-order chi connectivity index (χ1) is 33.8. The van der Waals surface area contributed by atoms with Crippen molar-refractivity contribution in [3.05, 3.63) is 295 Å². The van der Waals surface area contributed by atoms with Crippen LogP contribution in [0.3, 0.4) is 0 Å². The van der Waals surface area contributed by atoms with Gasteiger partial charge in [-0.15, -0.1) is 0 Å². The molecule has 1 aromatic heterocycles. The van der Waals surface area contributed by atoms with Gasteiger partial charge in [0.05, 0.1) is 22.1 Å². The molecular formula is C65H45N3. The highest BCUT2D eigenvalue weighted by molar-refractivity contribution is 6.11. The Labute approximate surface area is 396 Å². The van der Waals surface area contributed by atoms with Crippen molar-refractivity contribution in [2.45, 2.75) is 5.41 Å². The molecule has 1 heterocycles. The normalized spacial score (nSPS) is 12.5. The van der Waals surface area contributed by atoms with Gasteiger partial charge in [0.15, 0.2) is 0 Å². The maximum atomic E-state index is 2.49. The van der Waals surface area contributed by atoms with Crippen LogP contribution in [0.25, 0.3) is 49.4 Å². The summed E-state index contributed by atoms with van der Waals surface area (Å²) < 4.78 is 2.45. The van der Waals surface area contributed by atoms with Crippen molar-refractivity contribution >= 4 is 66.7 Å². The minimum absolute atomic E-state index is 0.529. The molecule has 0 atom stereocenters. The van der Waals surface area contributed by atoms with Gasteiger partial charge in [-0.1, -0.05) is 176 Å². The first kappa shape index (κ1) is 39.4. The Morgan fingerprint density at radius 2 is 0.765 bits per heavy atom. The molecule has 3 nitrogen and oxygen atoms in total. The lowest BCUT2D eigenvalue weighted by atomic mass is 9.67. The summed E-state index contributed by atoms with van der Waals surface area (Å²) in [5.41, 5.74) is 17.2. The fraction of sp³-hybridized carbons (Fsp3) is 0.0154. The number of aromatic nitrogens is 1. The van der Waals surface area contributed by atoms with E-state index in [1.54, 1.807) is 0 Å². The van der Waals surface area contributed by atoms with Crippen LogP contribution in [0, 0.1) is 0 Å². The molecule has 0 amide bonds. The fourth-order valence-corrected chi connectivity index (χ4v) is 11.1. The summed E-state index contributed by atoms with van der Waals surface area (Å²) in [5, 5.41) is 4.80. The van der Waals surface area contributed by atoms with Crippen molar-refractivity contribution in [1.82, 2.24) is 4.57 Å². The predicted molar refractivity (Wildman–Crippen MR) is 285 cm³/mol. The molecule has 11 aromatic carbocycles. The highest BCUT2D eigenvalue weighted by Gasteiger charge is 2.46. The predicted octanol–water partition coefficient (Wildman–Crippen LogP) is 17.2. The minimum atomic E-state index is -0.529. The van der Waals surface area contributed by atoms with E-state index in [-0.39, 0.29) is 0 Å². The second-order valence-corrected chi connectivity index (χ2v) is 17.7. The summed E-state index contributed by atoms with van der Waals surface area (Å²) in [4.78, 5) is 4.74. The van der Waals surface area contributed by atoms with Gasteiger partial charge in [-0.2, -0.15) is 0 Å². The molecule has 0 spiro atoms. The van der Waals surface area contributed by atoms with E-state index in [9.17, 15) is 0 Å². The average Bonchev–Trinajstić information content (AvgIpc) is 3.90. The van der Waals surface area contributed by atoms with E-state index < -0.39 is 5.41 Å². The molecule has 68 heavy (non-hydrogen) atoms. The molecule has 12 aromatic rings. The Morgan fingerprint density at radius 3 is 1.40 bits per heavy atom. The van der Waals surface area contributed by atoms with Gasteiger partial charge in [0, 0.05) is 50.3 Å².